The molecule has 0 aliphatic rings. The number of para-hydroxylation sites is 2. The standard InChI is InChI=1S/C19H16N6O/c1-25-17-8-4-5-14(18(17)23-24-25)19(26)22-16-7-3-2-6-15(16)21-13-9-11-20-12-10-13/h2-12H,1H3,(H,20,21)(H,22,26). The van der Waals surface area contributed by atoms with E-state index in [0.29, 0.717) is 16.8 Å². The third-order valence-corrected chi connectivity index (χ3v) is 4.02. The lowest BCUT2D eigenvalue weighted by Crippen LogP contribution is -2.13. The summed E-state index contributed by atoms with van der Waals surface area (Å²) >= 11 is 0. The van der Waals surface area contributed by atoms with E-state index in [1.807, 2.05) is 48.5 Å². The third kappa shape index (κ3) is 2.98. The van der Waals surface area contributed by atoms with Crippen molar-refractivity contribution in [1.82, 2.24) is 20.0 Å². The minimum Gasteiger partial charge on any atom is -0.354 e. The number of nitrogens with zero attached hydrogens (tertiary/aromatic N) is 4. The fourth-order valence-corrected chi connectivity index (χ4v) is 2.72. The minimum atomic E-state index is -0.236. The maximum Gasteiger partial charge on any atom is 0.258 e. The van der Waals surface area contributed by atoms with Crippen LogP contribution in [0.4, 0.5) is 17.1 Å². The summed E-state index contributed by atoms with van der Waals surface area (Å²) in [5.74, 6) is -0.236. The Morgan fingerprint density at radius 2 is 1.73 bits per heavy atom. The van der Waals surface area contributed by atoms with Gasteiger partial charge in [0.25, 0.3) is 5.91 Å². The predicted molar refractivity (Wildman–Crippen MR) is 100 cm³/mol. The summed E-state index contributed by atoms with van der Waals surface area (Å²) in [5, 5.41) is 14.3. The summed E-state index contributed by atoms with van der Waals surface area (Å²) < 4.78 is 1.64. The van der Waals surface area contributed by atoms with Crippen LogP contribution in [0.15, 0.2) is 67.0 Å². The lowest BCUT2D eigenvalue weighted by atomic mass is 10.1. The zero-order valence-electron chi connectivity index (χ0n) is 14.0. The molecule has 2 aromatic heterocycles. The third-order valence-electron chi connectivity index (χ3n) is 4.02. The van der Waals surface area contributed by atoms with E-state index in [1.54, 1.807) is 30.2 Å². The lowest BCUT2D eigenvalue weighted by molar-refractivity contribution is 0.102. The Bertz CT molecular complexity index is 1070. The molecule has 128 valence electrons. The van der Waals surface area contributed by atoms with E-state index >= 15 is 0 Å². The maximum absolute atomic E-state index is 12.8. The van der Waals surface area contributed by atoms with Crippen molar-refractivity contribution in [3.8, 4) is 0 Å². The van der Waals surface area contributed by atoms with Gasteiger partial charge in [0.1, 0.15) is 5.52 Å². The quantitative estimate of drug-likeness (QED) is 0.593. The van der Waals surface area contributed by atoms with Crippen LogP contribution in [0.25, 0.3) is 11.0 Å². The van der Waals surface area contributed by atoms with Gasteiger partial charge in [-0.05, 0) is 36.4 Å². The molecule has 2 aromatic carbocycles. The normalized spacial score (nSPS) is 10.7. The summed E-state index contributed by atoms with van der Waals surface area (Å²) in [6.45, 7) is 0. The smallest absolute Gasteiger partial charge is 0.258 e. The molecule has 26 heavy (non-hydrogen) atoms. The zero-order chi connectivity index (χ0) is 17.9. The van der Waals surface area contributed by atoms with Crippen LogP contribution in [0.1, 0.15) is 10.4 Å². The summed E-state index contributed by atoms with van der Waals surface area (Å²) in [7, 11) is 1.80. The molecule has 0 aliphatic carbocycles. The molecule has 1 amide bonds. The summed E-state index contributed by atoms with van der Waals surface area (Å²) in [6.07, 6.45) is 3.41. The van der Waals surface area contributed by atoms with E-state index < -0.39 is 0 Å². The van der Waals surface area contributed by atoms with Gasteiger partial charge in [0, 0.05) is 25.1 Å². The highest BCUT2D eigenvalue weighted by atomic mass is 16.1. The number of anilines is 3. The van der Waals surface area contributed by atoms with Gasteiger partial charge in [0.15, 0.2) is 0 Å². The van der Waals surface area contributed by atoms with Crippen LogP contribution < -0.4 is 10.6 Å². The van der Waals surface area contributed by atoms with Gasteiger partial charge in [-0.2, -0.15) is 0 Å². The van der Waals surface area contributed by atoms with E-state index in [2.05, 4.69) is 25.9 Å². The summed E-state index contributed by atoms with van der Waals surface area (Å²) in [5.41, 5.74) is 4.22. The Hall–Kier alpha value is -3.74. The topological polar surface area (TPSA) is 84.7 Å². The number of hydrogen-bond acceptors (Lipinski definition) is 5. The number of fused-ring (bicyclic) bond motifs is 1. The Morgan fingerprint density at radius 1 is 0.962 bits per heavy atom. The van der Waals surface area contributed by atoms with Crippen LogP contribution in [0.5, 0.6) is 0 Å². The number of aryl methyl sites for hydroxylation is 1. The highest BCUT2D eigenvalue weighted by Gasteiger charge is 2.15. The van der Waals surface area contributed by atoms with Crippen LogP contribution in [-0.2, 0) is 7.05 Å². The number of benzene rings is 2. The molecule has 0 fully saturated rings. The average molecular weight is 344 g/mol. The summed E-state index contributed by atoms with van der Waals surface area (Å²) in [4.78, 5) is 16.8. The zero-order valence-corrected chi connectivity index (χ0v) is 14.0. The summed E-state index contributed by atoms with van der Waals surface area (Å²) in [6, 6.07) is 16.7. The van der Waals surface area contributed by atoms with Crippen molar-refractivity contribution >= 4 is 34.0 Å². The van der Waals surface area contributed by atoms with Gasteiger partial charge in [0.2, 0.25) is 0 Å². The molecule has 4 rings (SSSR count). The Labute approximate surface area is 149 Å². The van der Waals surface area contributed by atoms with Crippen molar-refractivity contribution in [3.63, 3.8) is 0 Å². The van der Waals surface area contributed by atoms with Crippen molar-refractivity contribution in [3.05, 3.63) is 72.6 Å². The highest BCUT2D eigenvalue weighted by Crippen LogP contribution is 2.26. The van der Waals surface area contributed by atoms with Gasteiger partial charge in [-0.15, -0.1) is 5.10 Å². The molecule has 0 radical (unpaired) electrons. The number of rotatable bonds is 4. The van der Waals surface area contributed by atoms with Crippen LogP contribution in [0.2, 0.25) is 0 Å². The first-order valence-electron chi connectivity index (χ1n) is 8.08. The van der Waals surface area contributed by atoms with Crippen molar-refractivity contribution < 1.29 is 4.79 Å². The van der Waals surface area contributed by atoms with Crippen molar-refractivity contribution in [1.29, 1.82) is 0 Å². The van der Waals surface area contributed by atoms with Crippen LogP contribution in [0.3, 0.4) is 0 Å². The molecule has 2 heterocycles. The molecule has 0 spiro atoms. The van der Waals surface area contributed by atoms with Crippen molar-refractivity contribution in [2.24, 2.45) is 7.05 Å². The molecule has 0 saturated carbocycles. The van der Waals surface area contributed by atoms with E-state index in [0.717, 1.165) is 16.9 Å². The van der Waals surface area contributed by atoms with E-state index in [4.69, 9.17) is 0 Å². The van der Waals surface area contributed by atoms with Gasteiger partial charge >= 0.3 is 0 Å². The van der Waals surface area contributed by atoms with E-state index in [-0.39, 0.29) is 5.91 Å². The average Bonchev–Trinajstić information content (AvgIpc) is 3.05. The molecular weight excluding hydrogens is 328 g/mol. The van der Waals surface area contributed by atoms with Gasteiger partial charge in [-0.3, -0.25) is 9.78 Å². The molecule has 0 saturated heterocycles. The van der Waals surface area contributed by atoms with E-state index in [1.165, 1.54) is 0 Å². The molecule has 0 atom stereocenters. The van der Waals surface area contributed by atoms with Gasteiger partial charge < -0.3 is 10.6 Å². The molecule has 7 heteroatoms. The second kappa shape index (κ2) is 6.64. The first-order chi connectivity index (χ1) is 12.7. The maximum atomic E-state index is 12.8. The molecule has 0 bridgehead atoms. The second-order valence-electron chi connectivity index (χ2n) is 5.75. The first kappa shape index (κ1) is 15.8. The number of carbonyl (C=O) groups is 1. The van der Waals surface area contributed by atoms with Gasteiger partial charge in [-0.1, -0.05) is 23.4 Å². The fourth-order valence-electron chi connectivity index (χ4n) is 2.72. The Kier molecular flexibility index (Phi) is 4.03. The number of carbonyl (C=O) groups excluding carboxylic acids is 1. The van der Waals surface area contributed by atoms with E-state index in [9.17, 15) is 4.79 Å². The molecule has 2 N–H and O–H groups in total. The molecule has 4 aromatic rings. The Morgan fingerprint density at radius 3 is 2.54 bits per heavy atom. The fraction of sp³-hybridized carbons (Fsp3) is 0.0526. The van der Waals surface area contributed by atoms with Crippen LogP contribution in [0, 0.1) is 0 Å². The van der Waals surface area contributed by atoms with Crippen LogP contribution in [-0.4, -0.2) is 25.9 Å². The monoisotopic (exact) mass is 344 g/mol. The Balaban J connectivity index is 1.64. The highest BCUT2D eigenvalue weighted by molar-refractivity contribution is 6.12. The molecule has 7 nitrogen and oxygen atoms in total. The van der Waals surface area contributed by atoms with Crippen molar-refractivity contribution in [2.75, 3.05) is 10.6 Å². The minimum absolute atomic E-state index is 0.236. The number of amides is 1. The molecule has 0 unspecified atom stereocenters. The molecular formula is C19H16N6O. The number of nitrogens with one attached hydrogen (secondary N) is 2. The number of aromatic nitrogens is 4. The van der Waals surface area contributed by atoms with Crippen LogP contribution >= 0.6 is 0 Å². The first-order valence-corrected chi connectivity index (χ1v) is 8.08. The largest absolute Gasteiger partial charge is 0.354 e. The second-order valence-corrected chi connectivity index (χ2v) is 5.75. The SMILES string of the molecule is Cn1nnc2c(C(=O)Nc3ccccc3Nc3ccncc3)cccc21. The molecule has 0 aliphatic heterocycles. The van der Waals surface area contributed by atoms with Crippen molar-refractivity contribution in [2.45, 2.75) is 0 Å². The van der Waals surface area contributed by atoms with Gasteiger partial charge in [-0.25, -0.2) is 4.68 Å². The number of hydrogen-bond donors (Lipinski definition) is 2. The van der Waals surface area contributed by atoms with Gasteiger partial charge in [0.05, 0.1) is 22.5 Å². The lowest BCUT2D eigenvalue weighted by Gasteiger charge is -2.13. The predicted octanol–water partition coefficient (Wildman–Crippen LogP) is 3.36. The number of pyridine rings is 1.